The van der Waals surface area contributed by atoms with E-state index in [0.29, 0.717) is 0 Å². The third kappa shape index (κ3) is 5.28. The van der Waals surface area contributed by atoms with Crippen molar-refractivity contribution in [3.8, 4) is 5.40 Å². The van der Waals surface area contributed by atoms with Crippen LogP contribution in [0.25, 0.3) is 0 Å². The van der Waals surface area contributed by atoms with Crippen molar-refractivity contribution in [1.29, 1.82) is 10.7 Å². The second-order valence-corrected chi connectivity index (χ2v) is 0.274. The Bertz CT molecular complexity index is 49.6. The van der Waals surface area contributed by atoms with E-state index in [2.05, 4.69) is 12.6 Å². The summed E-state index contributed by atoms with van der Waals surface area (Å²) in [6, 6.07) is 0. The molecule has 0 unspecified atom stereocenters. The molecule has 0 aromatic heterocycles. The zero-order valence-electron chi connectivity index (χ0n) is 2.30. The Balaban J connectivity index is 0. The Morgan fingerprint density at radius 3 is 1.60 bits per heavy atom. The summed E-state index contributed by atoms with van der Waals surface area (Å²) in [5.74, 6) is 0. The van der Waals surface area contributed by atoms with Crippen LogP contribution < -0.4 is 5.39 Å². The highest BCUT2D eigenvalue weighted by molar-refractivity contribution is 7.64. The van der Waals surface area contributed by atoms with Crippen LogP contribution in [0.5, 0.6) is 0 Å². The summed E-state index contributed by atoms with van der Waals surface area (Å²) in [6.07, 6.45) is 0. The molecule has 0 aromatic carbocycles. The Hall–Kier alpha value is -0.870. The highest BCUT2D eigenvalue weighted by Gasteiger charge is 0.867. The summed E-state index contributed by atoms with van der Waals surface area (Å²) in [6.45, 7) is 0. The van der Waals surface area contributed by atoms with Crippen LogP contribution >= 0.6 is 0 Å². The van der Waals surface area contributed by atoms with E-state index in [-0.39, 0.29) is 0 Å². The smallest absolute Gasteiger partial charge is 0.212 e. The van der Waals surface area contributed by atoms with E-state index in [1.165, 1.54) is 5.40 Å². The molecule has 0 amide bonds. The number of rotatable bonds is 0. The summed E-state index contributed by atoms with van der Waals surface area (Å²) in [5, 5.41) is 19.5. The van der Waals surface area contributed by atoms with E-state index in [1.54, 1.807) is 0 Å². The van der Waals surface area contributed by atoms with Crippen molar-refractivity contribution in [1.82, 2.24) is 0 Å². The third-order valence-electron chi connectivity index (χ3n) is 0. The maximum absolute atomic E-state index is 7.13. The molecule has 0 atom stereocenters. The number of thiocyanates is 1. The van der Waals surface area contributed by atoms with E-state index in [9.17, 15) is 0 Å². The molecule has 1 N–H and O–H groups in total. The van der Waals surface area contributed by atoms with E-state index < -0.39 is 0 Å². The first-order chi connectivity index (χ1) is 2.41. The lowest BCUT2D eigenvalue weighted by Gasteiger charge is -1.53. The second-order valence-electron chi connectivity index (χ2n) is 0.0913. The van der Waals surface area contributed by atoms with Crippen molar-refractivity contribution in [2.75, 3.05) is 0 Å². The predicted molar refractivity (Wildman–Crippen MR) is 15.7 cm³/mol. The van der Waals surface area contributed by atoms with Crippen LogP contribution in [0.1, 0.15) is 0 Å². The van der Waals surface area contributed by atoms with Gasteiger partial charge in [-0.25, -0.2) is 5.26 Å². The van der Waals surface area contributed by atoms with Crippen LogP contribution in [0.2, 0.25) is 0 Å². The van der Waals surface area contributed by atoms with Gasteiger partial charge in [0.15, 0.2) is 0 Å². The van der Waals surface area contributed by atoms with Crippen molar-refractivity contribution in [2.45, 2.75) is 0 Å². The lowest BCUT2D eigenvalue weighted by Crippen LogP contribution is -2.11. The monoisotopic (exact) mass is 87.0 g/mol. The molecule has 0 saturated heterocycles. The molecule has 0 radical (unpaired) electrons. The maximum Gasteiger partial charge on any atom is 0.212 e. The number of diazo groups is 1. The standard InChI is InChI=1S/CHNS.N2/c2-1-3;1-2/h3H;. The van der Waals surface area contributed by atoms with Crippen molar-refractivity contribution in [3.63, 3.8) is 0 Å². The van der Waals surface area contributed by atoms with Gasteiger partial charge in [0.1, 0.15) is 0 Å². The fourth-order valence-electron chi connectivity index (χ4n) is 0. The molecule has 0 heterocycles. The molecule has 26 valence electrons. The Morgan fingerprint density at radius 2 is 1.60 bits per heavy atom. The van der Waals surface area contributed by atoms with Gasteiger partial charge in [0.25, 0.3) is 0 Å². The van der Waals surface area contributed by atoms with Crippen LogP contribution in [0.15, 0.2) is 0 Å². The molecular formula is CHN3S. The molecule has 3 nitrogen and oxygen atoms in total. The van der Waals surface area contributed by atoms with Gasteiger partial charge < -0.3 is 12.6 Å². The van der Waals surface area contributed by atoms with Crippen LogP contribution in [-0.4, -0.2) is 0 Å². The van der Waals surface area contributed by atoms with Gasteiger partial charge in [-0.3, -0.25) is 0 Å². The molecule has 0 fully saturated rings. The van der Waals surface area contributed by atoms with Gasteiger partial charge >= 0.3 is 0 Å². The summed E-state index contributed by atoms with van der Waals surface area (Å²) in [7, 11) is 0. The molecule has 5 heavy (non-hydrogen) atoms. The van der Waals surface area contributed by atoms with E-state index >= 15 is 0 Å². The lowest BCUT2D eigenvalue weighted by molar-refractivity contribution is -0.175. The van der Waals surface area contributed by atoms with Gasteiger partial charge in [0, 0.05) is 0 Å². The first kappa shape index (κ1) is 8.92. The van der Waals surface area contributed by atoms with Gasteiger partial charge in [0.05, 0.1) is 5.39 Å². The second kappa shape index (κ2) is 840. The number of nitriles is 1. The van der Waals surface area contributed by atoms with Crippen molar-refractivity contribution in [3.05, 3.63) is 0 Å². The number of hydrogen-bond donors (Lipinski definition) is 1. The number of nitrogens with one attached hydrogen (secondary N) is 1. The molecule has 0 bridgehead atoms. The first-order valence-corrected chi connectivity index (χ1v) is 1.06. The molecule has 0 aliphatic heterocycles. The molecule has 0 spiro atoms. The SMILES string of the molecule is N#C[S-].N#[NH+]. The summed E-state index contributed by atoms with van der Waals surface area (Å²) in [5.41, 5.74) is 0. The maximum atomic E-state index is 7.13. The number of nitrogens with zero attached hydrogens (tertiary/aromatic N) is 2. The molecule has 0 aromatic rings. The Labute approximate surface area is 35.0 Å². The molecule has 0 saturated carbocycles. The van der Waals surface area contributed by atoms with E-state index in [0.717, 1.165) is 0 Å². The number of hydrogen-bond acceptors (Lipinski definition) is 3. The van der Waals surface area contributed by atoms with Crippen LogP contribution in [-0.2, 0) is 12.6 Å². The van der Waals surface area contributed by atoms with E-state index in [4.69, 9.17) is 16.0 Å². The molecular weight excluding hydrogens is 86.1 g/mol. The van der Waals surface area contributed by atoms with E-state index in [1.807, 2.05) is 0 Å². The topological polar surface area (TPSA) is 71.4 Å². The van der Waals surface area contributed by atoms with Crippen molar-refractivity contribution < 1.29 is 5.39 Å². The Kier molecular flexibility index (Phi) is 1500. The molecule has 0 aliphatic carbocycles. The first-order valence-electron chi connectivity index (χ1n) is 0.651. The largest absolute Gasteiger partial charge is 0.696 e. The molecule has 0 aliphatic rings. The van der Waals surface area contributed by atoms with Crippen LogP contribution in [0.3, 0.4) is 0 Å². The minimum Gasteiger partial charge on any atom is -0.696 e. The summed E-state index contributed by atoms with van der Waals surface area (Å²) < 4.78 is 0. The quantitative estimate of drug-likeness (QED) is 0.217. The van der Waals surface area contributed by atoms with Crippen LogP contribution in [0, 0.1) is 16.1 Å². The zero-order chi connectivity index (χ0) is 4.71. The minimum absolute atomic E-state index is 1.33. The van der Waals surface area contributed by atoms with Gasteiger partial charge in [-0.1, -0.05) is 5.40 Å². The molecule has 4 heteroatoms. The van der Waals surface area contributed by atoms with Gasteiger partial charge in [-0.05, 0) is 0 Å². The fourth-order valence-corrected chi connectivity index (χ4v) is 0. The average Bonchev–Trinajstić information content (AvgIpc) is 1.46. The third-order valence-corrected chi connectivity index (χ3v) is 0. The lowest BCUT2D eigenvalue weighted by atomic mass is 11.8. The molecule has 0 rings (SSSR count). The van der Waals surface area contributed by atoms with Gasteiger partial charge in [-0.15, -0.1) is 0 Å². The minimum atomic E-state index is 1.33. The van der Waals surface area contributed by atoms with Gasteiger partial charge in [-0.2, -0.15) is 0 Å². The predicted octanol–water partition coefficient (Wildman–Crippen LogP) is -1.71. The van der Waals surface area contributed by atoms with Crippen molar-refractivity contribution in [2.24, 2.45) is 0 Å². The highest BCUT2D eigenvalue weighted by atomic mass is 32.1. The highest BCUT2D eigenvalue weighted by Crippen LogP contribution is 1.16. The Morgan fingerprint density at radius 1 is 1.60 bits per heavy atom. The fraction of sp³-hybridized carbons (Fsp3) is 0. The van der Waals surface area contributed by atoms with Gasteiger partial charge in [0.2, 0.25) is 5.39 Å². The summed E-state index contributed by atoms with van der Waals surface area (Å²) >= 11 is 3.70. The average molecular weight is 87.1 g/mol. The normalized spacial score (nSPS) is 1.80. The van der Waals surface area contributed by atoms with Crippen LogP contribution in [0.4, 0.5) is 0 Å². The van der Waals surface area contributed by atoms with Crippen molar-refractivity contribution >= 4 is 12.6 Å². The zero-order valence-corrected chi connectivity index (χ0v) is 3.12. The summed E-state index contributed by atoms with van der Waals surface area (Å²) in [4.78, 5) is 0.